The number of ether oxygens (including phenoxy) is 1. The van der Waals surface area contributed by atoms with Gasteiger partial charge in [-0.15, -0.1) is 0 Å². The Hall–Kier alpha value is -3.07. The molecule has 0 aromatic heterocycles. The van der Waals surface area contributed by atoms with Crippen molar-refractivity contribution in [2.45, 2.75) is 46.7 Å². The summed E-state index contributed by atoms with van der Waals surface area (Å²) in [5.74, 6) is -0.149. The molecule has 186 valence electrons. The first-order valence-corrected chi connectivity index (χ1v) is 13.1. The molecule has 0 aliphatic heterocycles. The van der Waals surface area contributed by atoms with Gasteiger partial charge in [0.1, 0.15) is 18.3 Å². The van der Waals surface area contributed by atoms with Gasteiger partial charge in [0.05, 0.1) is 19.1 Å². The third-order valence-corrected chi connectivity index (χ3v) is 6.63. The molecule has 0 unspecified atom stereocenters. The van der Waals surface area contributed by atoms with Crippen LogP contribution < -0.4 is 14.4 Å². The van der Waals surface area contributed by atoms with Crippen molar-refractivity contribution in [1.82, 2.24) is 10.2 Å². The minimum absolute atomic E-state index is 0.126. The van der Waals surface area contributed by atoms with E-state index in [1.165, 1.54) is 4.90 Å². The molecule has 0 spiro atoms. The van der Waals surface area contributed by atoms with E-state index in [9.17, 15) is 18.0 Å². The summed E-state index contributed by atoms with van der Waals surface area (Å²) in [6.45, 7) is 7.50. The molecular formula is C25H35N3O5S. The first-order valence-electron chi connectivity index (χ1n) is 11.2. The van der Waals surface area contributed by atoms with Crippen molar-refractivity contribution >= 4 is 27.5 Å². The van der Waals surface area contributed by atoms with Crippen molar-refractivity contribution < 1.29 is 22.7 Å². The number of hydrogen-bond donors (Lipinski definition) is 1. The predicted molar refractivity (Wildman–Crippen MR) is 134 cm³/mol. The van der Waals surface area contributed by atoms with Gasteiger partial charge in [-0.25, -0.2) is 8.42 Å². The van der Waals surface area contributed by atoms with Crippen molar-refractivity contribution in [1.29, 1.82) is 0 Å². The maximum atomic E-state index is 13.5. The zero-order valence-electron chi connectivity index (χ0n) is 20.8. The molecule has 0 aliphatic rings. The van der Waals surface area contributed by atoms with Gasteiger partial charge in [0, 0.05) is 13.1 Å². The molecule has 0 heterocycles. The Morgan fingerprint density at radius 3 is 2.41 bits per heavy atom. The highest BCUT2D eigenvalue weighted by atomic mass is 32.2. The number of methoxy groups -OCH3 is 1. The van der Waals surface area contributed by atoms with Crippen LogP contribution in [0, 0.1) is 13.8 Å². The van der Waals surface area contributed by atoms with Crippen LogP contribution >= 0.6 is 0 Å². The van der Waals surface area contributed by atoms with Gasteiger partial charge in [-0.3, -0.25) is 13.9 Å². The first kappa shape index (κ1) is 27.2. The number of benzene rings is 2. The van der Waals surface area contributed by atoms with Gasteiger partial charge in [-0.05, 0) is 56.5 Å². The Morgan fingerprint density at radius 1 is 1.12 bits per heavy atom. The Kier molecular flexibility index (Phi) is 9.49. The topological polar surface area (TPSA) is 96.0 Å². The van der Waals surface area contributed by atoms with E-state index in [4.69, 9.17) is 4.74 Å². The van der Waals surface area contributed by atoms with Crippen LogP contribution in [0.5, 0.6) is 5.75 Å². The van der Waals surface area contributed by atoms with Crippen LogP contribution in [0.1, 0.15) is 37.0 Å². The Balaban J connectivity index is 2.42. The highest BCUT2D eigenvalue weighted by Crippen LogP contribution is 2.24. The van der Waals surface area contributed by atoms with E-state index < -0.39 is 28.5 Å². The lowest BCUT2D eigenvalue weighted by Gasteiger charge is -2.32. The van der Waals surface area contributed by atoms with Crippen molar-refractivity contribution in [3.05, 3.63) is 59.2 Å². The number of sulfonamides is 1. The average molecular weight is 490 g/mol. The molecule has 0 saturated carbocycles. The molecule has 2 aromatic rings. The smallest absolute Gasteiger partial charge is 0.244 e. The summed E-state index contributed by atoms with van der Waals surface area (Å²) < 4.78 is 31.7. The molecule has 2 rings (SSSR count). The second-order valence-electron chi connectivity index (χ2n) is 8.40. The molecule has 2 aromatic carbocycles. The monoisotopic (exact) mass is 489 g/mol. The number of carbonyl (C=O) groups excluding carboxylic acids is 2. The summed E-state index contributed by atoms with van der Waals surface area (Å²) in [7, 11) is -2.21. The molecule has 0 fully saturated rings. The number of amides is 2. The molecular weight excluding hydrogens is 454 g/mol. The predicted octanol–water partition coefficient (Wildman–Crippen LogP) is 3.02. The Morgan fingerprint density at radius 2 is 1.82 bits per heavy atom. The number of carbonyl (C=O) groups is 2. The molecule has 0 saturated heterocycles. The summed E-state index contributed by atoms with van der Waals surface area (Å²) in [4.78, 5) is 27.7. The highest BCUT2D eigenvalue weighted by molar-refractivity contribution is 7.92. The van der Waals surface area contributed by atoms with Crippen LogP contribution in [-0.4, -0.2) is 57.6 Å². The van der Waals surface area contributed by atoms with Crippen molar-refractivity contribution in [3.8, 4) is 5.75 Å². The molecule has 9 heteroatoms. The minimum Gasteiger partial charge on any atom is -0.497 e. The standard InChI is InChI=1S/C25H35N3O5S/c1-7-13-26-25(30)20(4)27(16-21-9-8-10-22(15-21)33-5)24(29)17-28(34(6,31)32)23-12-11-18(2)14-19(23)3/h8-12,14-15,20H,7,13,16-17H2,1-6H3,(H,26,30)/t20-/m0/s1. The number of aryl methyl sites for hydroxylation is 2. The second-order valence-corrected chi connectivity index (χ2v) is 10.3. The van der Waals surface area contributed by atoms with E-state index in [0.717, 1.165) is 33.7 Å². The maximum Gasteiger partial charge on any atom is 0.244 e. The van der Waals surface area contributed by atoms with E-state index >= 15 is 0 Å². The lowest BCUT2D eigenvalue weighted by atomic mass is 10.1. The van der Waals surface area contributed by atoms with Crippen molar-refractivity contribution in [2.24, 2.45) is 0 Å². The zero-order valence-corrected chi connectivity index (χ0v) is 21.6. The number of anilines is 1. The molecule has 0 aliphatic carbocycles. The summed E-state index contributed by atoms with van der Waals surface area (Å²) in [6.07, 6.45) is 1.83. The SMILES string of the molecule is CCCNC(=O)[C@H](C)N(Cc1cccc(OC)c1)C(=O)CN(c1ccc(C)cc1C)S(C)(=O)=O. The van der Waals surface area contributed by atoms with Gasteiger partial charge in [0.25, 0.3) is 0 Å². The fraction of sp³-hybridized carbons (Fsp3) is 0.440. The fourth-order valence-electron chi connectivity index (χ4n) is 3.63. The molecule has 0 bridgehead atoms. The lowest BCUT2D eigenvalue weighted by molar-refractivity contribution is -0.139. The summed E-state index contributed by atoms with van der Waals surface area (Å²) in [5, 5.41) is 2.82. The Bertz CT molecular complexity index is 1120. The van der Waals surface area contributed by atoms with Crippen LogP contribution in [0.15, 0.2) is 42.5 Å². The summed E-state index contributed by atoms with van der Waals surface area (Å²) >= 11 is 0. The van der Waals surface area contributed by atoms with Crippen LogP contribution in [-0.2, 0) is 26.2 Å². The summed E-state index contributed by atoms with van der Waals surface area (Å²) in [6, 6.07) is 11.8. The maximum absolute atomic E-state index is 13.5. The van der Waals surface area contributed by atoms with Gasteiger partial charge >= 0.3 is 0 Å². The number of rotatable bonds is 11. The molecule has 34 heavy (non-hydrogen) atoms. The number of nitrogens with one attached hydrogen (secondary N) is 1. The normalized spacial score (nSPS) is 12.1. The molecule has 1 atom stereocenters. The van der Waals surface area contributed by atoms with E-state index in [1.54, 1.807) is 51.3 Å². The van der Waals surface area contributed by atoms with Gasteiger partial charge < -0.3 is 15.0 Å². The molecule has 1 N–H and O–H groups in total. The van der Waals surface area contributed by atoms with Crippen LogP contribution in [0.3, 0.4) is 0 Å². The van der Waals surface area contributed by atoms with Crippen LogP contribution in [0.25, 0.3) is 0 Å². The molecule has 8 nitrogen and oxygen atoms in total. The van der Waals surface area contributed by atoms with E-state index in [0.29, 0.717) is 18.0 Å². The van der Waals surface area contributed by atoms with Crippen molar-refractivity contribution in [3.63, 3.8) is 0 Å². The second kappa shape index (κ2) is 11.9. The molecule has 2 amide bonds. The minimum atomic E-state index is -3.76. The third kappa shape index (κ3) is 7.21. The Labute approximate surface area is 202 Å². The van der Waals surface area contributed by atoms with E-state index in [1.807, 2.05) is 26.0 Å². The summed E-state index contributed by atoms with van der Waals surface area (Å²) in [5.41, 5.74) is 2.93. The van der Waals surface area contributed by atoms with Gasteiger partial charge in [-0.2, -0.15) is 0 Å². The van der Waals surface area contributed by atoms with E-state index in [2.05, 4.69) is 5.32 Å². The average Bonchev–Trinajstić information content (AvgIpc) is 2.78. The van der Waals surface area contributed by atoms with E-state index in [-0.39, 0.29) is 12.5 Å². The highest BCUT2D eigenvalue weighted by Gasteiger charge is 2.30. The number of nitrogens with zero attached hydrogens (tertiary/aromatic N) is 2. The number of hydrogen-bond acceptors (Lipinski definition) is 5. The molecule has 0 radical (unpaired) electrons. The zero-order chi connectivity index (χ0) is 25.5. The van der Waals surface area contributed by atoms with Crippen LogP contribution in [0.2, 0.25) is 0 Å². The van der Waals surface area contributed by atoms with Gasteiger partial charge in [0.2, 0.25) is 21.8 Å². The van der Waals surface area contributed by atoms with Gasteiger partial charge in [-0.1, -0.05) is 36.8 Å². The largest absolute Gasteiger partial charge is 0.497 e. The van der Waals surface area contributed by atoms with Crippen LogP contribution in [0.4, 0.5) is 5.69 Å². The van der Waals surface area contributed by atoms with Crippen molar-refractivity contribution in [2.75, 3.05) is 30.8 Å². The third-order valence-electron chi connectivity index (χ3n) is 5.50. The lowest BCUT2D eigenvalue weighted by Crippen LogP contribution is -2.51. The van der Waals surface area contributed by atoms with Gasteiger partial charge in [0.15, 0.2) is 0 Å². The first-order chi connectivity index (χ1) is 16.0. The fourth-order valence-corrected chi connectivity index (χ4v) is 4.53. The quantitative estimate of drug-likeness (QED) is 0.523.